The monoisotopic (exact) mass is 237 g/mol. The van der Waals surface area contributed by atoms with Gasteiger partial charge < -0.3 is 5.32 Å². The summed E-state index contributed by atoms with van der Waals surface area (Å²) in [6.45, 7) is 4.58. The van der Waals surface area contributed by atoms with Crippen LogP contribution in [0.1, 0.15) is 15.6 Å². The van der Waals surface area contributed by atoms with Gasteiger partial charge in [-0.05, 0) is 26.0 Å². The molecule has 2 aromatic heterocycles. The number of hydrogen-bond acceptors (Lipinski definition) is 4. The second kappa shape index (κ2) is 4.57. The molecule has 0 bridgehead atoms. The molecule has 84 valence electrons. The molecular weight excluding hydrogens is 225 g/mol. The van der Waals surface area contributed by atoms with Gasteiger partial charge in [-0.15, -0.1) is 11.3 Å². The minimum atomic E-state index is -0.470. The normalized spacial score (nSPS) is 10.4. The maximum atomic E-state index is 12.8. The van der Waals surface area contributed by atoms with Crippen LogP contribution in [-0.4, -0.2) is 9.97 Å². The van der Waals surface area contributed by atoms with E-state index in [9.17, 15) is 4.39 Å². The van der Waals surface area contributed by atoms with Crippen LogP contribution in [0.5, 0.6) is 0 Å². The molecule has 0 unspecified atom stereocenters. The highest BCUT2D eigenvalue weighted by molar-refractivity contribution is 7.11. The van der Waals surface area contributed by atoms with Crippen LogP contribution in [0.15, 0.2) is 18.2 Å². The smallest absolute Gasteiger partial charge is 0.214 e. The van der Waals surface area contributed by atoms with Gasteiger partial charge in [-0.3, -0.25) is 0 Å². The Morgan fingerprint density at radius 3 is 2.75 bits per heavy atom. The fourth-order valence-electron chi connectivity index (χ4n) is 1.42. The lowest BCUT2D eigenvalue weighted by molar-refractivity contribution is 0.585. The number of halogens is 1. The van der Waals surface area contributed by atoms with Gasteiger partial charge in [-0.1, -0.05) is 6.07 Å². The number of rotatable bonds is 3. The Morgan fingerprint density at radius 1 is 1.31 bits per heavy atom. The summed E-state index contributed by atoms with van der Waals surface area (Å²) in [4.78, 5) is 9.21. The second-order valence-corrected chi connectivity index (χ2v) is 4.73. The summed E-state index contributed by atoms with van der Waals surface area (Å²) in [5.74, 6) is 0.0765. The number of pyridine rings is 1. The van der Waals surface area contributed by atoms with Gasteiger partial charge in [0, 0.05) is 4.88 Å². The van der Waals surface area contributed by atoms with Gasteiger partial charge in [-0.2, -0.15) is 4.39 Å². The third kappa shape index (κ3) is 2.55. The van der Waals surface area contributed by atoms with Crippen molar-refractivity contribution in [2.75, 3.05) is 5.32 Å². The lowest BCUT2D eigenvalue weighted by Gasteiger charge is -2.03. The van der Waals surface area contributed by atoms with E-state index in [2.05, 4.69) is 15.3 Å². The first kappa shape index (κ1) is 11.0. The minimum absolute atomic E-state index is 0.470. The molecule has 1 N–H and O–H groups in total. The molecule has 0 saturated carbocycles. The predicted molar refractivity (Wildman–Crippen MR) is 63.1 cm³/mol. The summed E-state index contributed by atoms with van der Waals surface area (Å²) in [7, 11) is 0. The Bertz CT molecular complexity index is 496. The summed E-state index contributed by atoms with van der Waals surface area (Å²) < 4.78 is 12.8. The van der Waals surface area contributed by atoms with E-state index < -0.39 is 5.95 Å². The van der Waals surface area contributed by atoms with E-state index in [0.717, 1.165) is 15.6 Å². The molecule has 0 aromatic carbocycles. The Hall–Kier alpha value is -1.49. The van der Waals surface area contributed by atoms with E-state index in [4.69, 9.17) is 0 Å². The zero-order chi connectivity index (χ0) is 11.5. The fourth-order valence-corrected chi connectivity index (χ4v) is 2.29. The zero-order valence-electron chi connectivity index (χ0n) is 9.12. The van der Waals surface area contributed by atoms with Gasteiger partial charge in [0.2, 0.25) is 5.95 Å². The molecule has 3 nitrogen and oxygen atoms in total. The van der Waals surface area contributed by atoms with Crippen molar-refractivity contribution in [3.63, 3.8) is 0 Å². The summed E-state index contributed by atoms with van der Waals surface area (Å²) >= 11 is 1.64. The van der Waals surface area contributed by atoms with Gasteiger partial charge in [0.25, 0.3) is 0 Å². The number of aryl methyl sites for hydroxylation is 2. The molecule has 5 heteroatoms. The molecule has 16 heavy (non-hydrogen) atoms. The lowest BCUT2D eigenvalue weighted by atomic mass is 10.4. The van der Waals surface area contributed by atoms with E-state index in [0.29, 0.717) is 12.4 Å². The average molecular weight is 237 g/mol. The van der Waals surface area contributed by atoms with Gasteiger partial charge >= 0.3 is 0 Å². The Labute approximate surface area is 97.4 Å². The first-order valence-corrected chi connectivity index (χ1v) is 5.76. The highest BCUT2D eigenvalue weighted by Crippen LogP contribution is 2.18. The SMILES string of the molecule is Cc1nc(C)c(CNc2cccc(F)n2)s1. The first-order valence-electron chi connectivity index (χ1n) is 4.94. The lowest BCUT2D eigenvalue weighted by Crippen LogP contribution is -2.01. The van der Waals surface area contributed by atoms with Crippen LogP contribution in [0.2, 0.25) is 0 Å². The summed E-state index contributed by atoms with van der Waals surface area (Å²) in [5, 5.41) is 4.12. The van der Waals surface area contributed by atoms with Crippen molar-refractivity contribution >= 4 is 17.2 Å². The molecule has 2 rings (SSSR count). The van der Waals surface area contributed by atoms with E-state index in [-0.39, 0.29) is 0 Å². The highest BCUT2D eigenvalue weighted by atomic mass is 32.1. The highest BCUT2D eigenvalue weighted by Gasteiger charge is 2.04. The molecular formula is C11H12FN3S. The fraction of sp³-hybridized carbons (Fsp3) is 0.273. The van der Waals surface area contributed by atoms with E-state index in [1.165, 1.54) is 6.07 Å². The van der Waals surface area contributed by atoms with Crippen LogP contribution in [0.25, 0.3) is 0 Å². The van der Waals surface area contributed by atoms with Crippen molar-refractivity contribution < 1.29 is 4.39 Å². The van der Waals surface area contributed by atoms with Crippen LogP contribution >= 0.6 is 11.3 Å². The average Bonchev–Trinajstić information content (AvgIpc) is 2.54. The Balaban J connectivity index is 2.05. The van der Waals surface area contributed by atoms with Gasteiger partial charge in [0.05, 0.1) is 17.2 Å². The molecule has 0 aliphatic carbocycles. The third-order valence-electron chi connectivity index (χ3n) is 2.14. The number of anilines is 1. The molecule has 2 aromatic rings. The number of nitrogens with one attached hydrogen (secondary N) is 1. The predicted octanol–water partition coefficient (Wildman–Crippen LogP) is 2.91. The maximum absolute atomic E-state index is 12.8. The van der Waals surface area contributed by atoms with E-state index in [1.54, 1.807) is 23.5 Å². The molecule has 0 radical (unpaired) electrons. The van der Waals surface area contributed by atoms with Crippen LogP contribution < -0.4 is 5.32 Å². The van der Waals surface area contributed by atoms with Crippen LogP contribution in [0, 0.1) is 19.8 Å². The van der Waals surface area contributed by atoms with Gasteiger partial charge in [-0.25, -0.2) is 9.97 Å². The van der Waals surface area contributed by atoms with Crippen LogP contribution in [0.4, 0.5) is 10.2 Å². The van der Waals surface area contributed by atoms with Crippen molar-refractivity contribution in [2.24, 2.45) is 0 Å². The molecule has 0 saturated heterocycles. The topological polar surface area (TPSA) is 37.8 Å². The van der Waals surface area contributed by atoms with Crippen molar-refractivity contribution in [2.45, 2.75) is 20.4 Å². The number of hydrogen-bond donors (Lipinski definition) is 1. The second-order valence-electron chi connectivity index (χ2n) is 3.44. The number of thiazole rings is 1. The van der Waals surface area contributed by atoms with Crippen molar-refractivity contribution in [1.29, 1.82) is 0 Å². The summed E-state index contributed by atoms with van der Waals surface area (Å²) in [5.41, 5.74) is 1.02. The summed E-state index contributed by atoms with van der Waals surface area (Å²) in [6, 6.07) is 4.70. The molecule has 0 aliphatic rings. The quantitative estimate of drug-likeness (QED) is 0.834. The maximum Gasteiger partial charge on any atom is 0.214 e. The molecule has 2 heterocycles. The van der Waals surface area contributed by atoms with Gasteiger partial charge in [0.15, 0.2) is 0 Å². The summed E-state index contributed by atoms with van der Waals surface area (Å²) in [6.07, 6.45) is 0. The molecule has 0 aliphatic heterocycles. The van der Waals surface area contributed by atoms with Crippen molar-refractivity contribution in [1.82, 2.24) is 9.97 Å². The third-order valence-corrected chi connectivity index (χ3v) is 3.22. The largest absolute Gasteiger partial charge is 0.365 e. The Kier molecular flexibility index (Phi) is 3.14. The zero-order valence-corrected chi connectivity index (χ0v) is 9.94. The first-order chi connectivity index (χ1) is 7.65. The van der Waals surface area contributed by atoms with E-state index >= 15 is 0 Å². The van der Waals surface area contributed by atoms with Crippen LogP contribution in [0.3, 0.4) is 0 Å². The minimum Gasteiger partial charge on any atom is -0.365 e. The number of aromatic nitrogens is 2. The van der Waals surface area contributed by atoms with Crippen molar-refractivity contribution in [3.05, 3.63) is 39.7 Å². The molecule has 0 atom stereocenters. The number of nitrogens with zero attached hydrogens (tertiary/aromatic N) is 2. The standard InChI is InChI=1S/C11H12FN3S/c1-7-9(16-8(2)14-7)6-13-11-5-3-4-10(12)15-11/h3-5H,6H2,1-2H3,(H,13,15). The molecule has 0 fully saturated rings. The van der Waals surface area contributed by atoms with Crippen molar-refractivity contribution in [3.8, 4) is 0 Å². The van der Waals surface area contributed by atoms with Gasteiger partial charge in [0.1, 0.15) is 5.82 Å². The molecule has 0 amide bonds. The molecule has 0 spiro atoms. The van der Waals surface area contributed by atoms with Crippen LogP contribution in [-0.2, 0) is 6.54 Å². The van der Waals surface area contributed by atoms with E-state index in [1.807, 2.05) is 13.8 Å². The Morgan fingerprint density at radius 2 is 2.12 bits per heavy atom.